The molecule has 3 heteroatoms. The number of nitrogens with one attached hydrogen (secondary N) is 1. The largest absolute Gasteiger partial charge is 0.351 e. The van der Waals surface area contributed by atoms with Gasteiger partial charge in [-0.2, -0.15) is 0 Å². The maximum Gasteiger partial charge on any atom is 0.251 e. The summed E-state index contributed by atoms with van der Waals surface area (Å²) in [4.78, 5) is 12.3. The van der Waals surface area contributed by atoms with Crippen molar-refractivity contribution in [1.29, 1.82) is 0 Å². The van der Waals surface area contributed by atoms with Crippen LogP contribution in [-0.2, 0) is 6.42 Å². The van der Waals surface area contributed by atoms with Crippen LogP contribution < -0.4 is 11.1 Å². The van der Waals surface area contributed by atoms with Gasteiger partial charge in [-0.15, -0.1) is 0 Å². The average molecular weight is 260 g/mol. The van der Waals surface area contributed by atoms with Crippen LogP contribution >= 0.6 is 0 Å². The average Bonchev–Trinajstić information content (AvgIpc) is 2.39. The lowest BCUT2D eigenvalue weighted by molar-refractivity contribution is 0.0849. The molecule has 19 heavy (non-hydrogen) atoms. The zero-order valence-corrected chi connectivity index (χ0v) is 11.7. The molecule has 0 radical (unpaired) electrons. The van der Waals surface area contributed by atoms with Crippen LogP contribution in [0.5, 0.6) is 0 Å². The van der Waals surface area contributed by atoms with E-state index in [9.17, 15) is 4.79 Å². The predicted octanol–water partition coefficient (Wildman–Crippen LogP) is 2.50. The van der Waals surface area contributed by atoms with Crippen molar-refractivity contribution in [3.8, 4) is 0 Å². The molecule has 1 aromatic rings. The second-order valence-electron chi connectivity index (χ2n) is 5.59. The van der Waals surface area contributed by atoms with Crippen LogP contribution in [0.2, 0.25) is 0 Å². The summed E-state index contributed by atoms with van der Waals surface area (Å²) >= 11 is 0. The van der Waals surface area contributed by atoms with E-state index in [4.69, 9.17) is 5.73 Å². The van der Waals surface area contributed by atoms with Crippen LogP contribution in [0.15, 0.2) is 24.3 Å². The molecule has 0 heterocycles. The maximum absolute atomic E-state index is 12.3. The number of benzene rings is 1. The fourth-order valence-corrected chi connectivity index (χ4v) is 2.81. The molecule has 0 unspecified atom stereocenters. The fraction of sp³-hybridized carbons (Fsp3) is 0.562. The third-order valence-corrected chi connectivity index (χ3v) is 4.46. The standard InChI is InChI=1S/C16H24N2O/c1-2-16(9-5-10-16)12-18-15(19)14-7-4-3-6-13(14)8-11-17/h3-4,6-7H,2,5,8-12,17H2,1H3,(H,18,19). The molecule has 0 bridgehead atoms. The Balaban J connectivity index is 1.99. The summed E-state index contributed by atoms with van der Waals surface area (Å²) < 4.78 is 0. The topological polar surface area (TPSA) is 55.1 Å². The van der Waals surface area contributed by atoms with Gasteiger partial charge in [0.25, 0.3) is 5.91 Å². The van der Waals surface area contributed by atoms with Crippen LogP contribution in [0, 0.1) is 5.41 Å². The first-order valence-corrected chi connectivity index (χ1v) is 7.27. The third kappa shape index (κ3) is 3.16. The van der Waals surface area contributed by atoms with Gasteiger partial charge in [0, 0.05) is 12.1 Å². The minimum atomic E-state index is 0.0452. The van der Waals surface area contributed by atoms with Crippen molar-refractivity contribution in [2.45, 2.75) is 39.0 Å². The normalized spacial score (nSPS) is 16.7. The Morgan fingerprint density at radius 1 is 1.37 bits per heavy atom. The van der Waals surface area contributed by atoms with Gasteiger partial charge in [0.2, 0.25) is 0 Å². The Bertz CT molecular complexity index is 433. The number of amides is 1. The van der Waals surface area contributed by atoms with Crippen molar-refractivity contribution >= 4 is 5.91 Å². The van der Waals surface area contributed by atoms with E-state index in [-0.39, 0.29) is 5.91 Å². The van der Waals surface area contributed by atoms with E-state index in [1.54, 1.807) is 0 Å². The summed E-state index contributed by atoms with van der Waals surface area (Å²) in [7, 11) is 0. The van der Waals surface area contributed by atoms with Crippen molar-refractivity contribution in [2.75, 3.05) is 13.1 Å². The summed E-state index contributed by atoms with van der Waals surface area (Å²) in [6, 6.07) is 7.75. The van der Waals surface area contributed by atoms with E-state index in [1.807, 2.05) is 24.3 Å². The molecule has 1 aliphatic rings. The van der Waals surface area contributed by atoms with Gasteiger partial charge in [-0.3, -0.25) is 4.79 Å². The van der Waals surface area contributed by atoms with Gasteiger partial charge in [0.05, 0.1) is 0 Å². The molecule has 104 valence electrons. The predicted molar refractivity (Wildman–Crippen MR) is 78.1 cm³/mol. The lowest BCUT2D eigenvalue weighted by Crippen LogP contribution is -2.41. The number of hydrogen-bond acceptors (Lipinski definition) is 2. The van der Waals surface area contributed by atoms with Crippen LogP contribution in [0.3, 0.4) is 0 Å². The van der Waals surface area contributed by atoms with Crippen molar-refractivity contribution in [2.24, 2.45) is 11.1 Å². The number of carbonyl (C=O) groups excluding carboxylic acids is 1. The molecule has 1 amide bonds. The summed E-state index contributed by atoms with van der Waals surface area (Å²) in [5.41, 5.74) is 7.77. The van der Waals surface area contributed by atoms with Crippen molar-refractivity contribution < 1.29 is 4.79 Å². The van der Waals surface area contributed by atoms with E-state index in [1.165, 1.54) is 19.3 Å². The second-order valence-corrected chi connectivity index (χ2v) is 5.59. The molecule has 1 saturated carbocycles. The Morgan fingerprint density at radius 2 is 2.11 bits per heavy atom. The molecule has 0 spiro atoms. The fourth-order valence-electron chi connectivity index (χ4n) is 2.81. The molecule has 3 nitrogen and oxygen atoms in total. The molecule has 3 N–H and O–H groups in total. The number of nitrogens with two attached hydrogens (primary N) is 1. The SMILES string of the molecule is CCC1(CNC(=O)c2ccccc2CCN)CCC1. The van der Waals surface area contributed by atoms with Crippen LogP contribution in [-0.4, -0.2) is 19.0 Å². The maximum atomic E-state index is 12.3. The minimum absolute atomic E-state index is 0.0452. The monoisotopic (exact) mass is 260 g/mol. The van der Waals surface area contributed by atoms with Crippen LogP contribution in [0.1, 0.15) is 48.5 Å². The zero-order valence-electron chi connectivity index (χ0n) is 11.7. The Morgan fingerprint density at radius 3 is 2.68 bits per heavy atom. The molecule has 1 aliphatic carbocycles. The quantitative estimate of drug-likeness (QED) is 0.825. The third-order valence-electron chi connectivity index (χ3n) is 4.46. The first kappa shape index (κ1) is 14.1. The minimum Gasteiger partial charge on any atom is -0.351 e. The van der Waals surface area contributed by atoms with Gasteiger partial charge >= 0.3 is 0 Å². The van der Waals surface area contributed by atoms with Gasteiger partial charge in [-0.25, -0.2) is 0 Å². The van der Waals surface area contributed by atoms with E-state index >= 15 is 0 Å². The highest BCUT2D eigenvalue weighted by Crippen LogP contribution is 2.43. The van der Waals surface area contributed by atoms with Gasteiger partial charge in [0.1, 0.15) is 0 Å². The van der Waals surface area contributed by atoms with Gasteiger partial charge in [-0.1, -0.05) is 31.5 Å². The molecule has 1 fully saturated rings. The molecule has 0 aliphatic heterocycles. The molecular weight excluding hydrogens is 236 g/mol. The first-order valence-electron chi connectivity index (χ1n) is 7.27. The lowest BCUT2D eigenvalue weighted by atomic mass is 9.67. The smallest absolute Gasteiger partial charge is 0.251 e. The van der Waals surface area contributed by atoms with Crippen molar-refractivity contribution in [3.05, 3.63) is 35.4 Å². The highest BCUT2D eigenvalue weighted by atomic mass is 16.1. The Kier molecular flexibility index (Phi) is 4.59. The van der Waals surface area contributed by atoms with Gasteiger partial charge in [0.15, 0.2) is 0 Å². The summed E-state index contributed by atoms with van der Waals surface area (Å²) in [6.07, 6.45) is 5.69. The molecule has 2 rings (SSSR count). The van der Waals surface area contributed by atoms with E-state index in [0.29, 0.717) is 12.0 Å². The molecule has 0 aromatic heterocycles. The summed E-state index contributed by atoms with van der Waals surface area (Å²) in [6.45, 7) is 3.59. The lowest BCUT2D eigenvalue weighted by Gasteiger charge is -2.41. The summed E-state index contributed by atoms with van der Waals surface area (Å²) in [5, 5.41) is 3.11. The van der Waals surface area contributed by atoms with Gasteiger partial charge < -0.3 is 11.1 Å². The number of hydrogen-bond donors (Lipinski definition) is 2. The molecule has 0 atom stereocenters. The number of carbonyl (C=O) groups is 1. The molecular formula is C16H24N2O. The molecule has 1 aromatic carbocycles. The van der Waals surface area contributed by atoms with E-state index < -0.39 is 0 Å². The van der Waals surface area contributed by atoms with Gasteiger partial charge in [-0.05, 0) is 49.3 Å². The number of rotatable bonds is 6. The van der Waals surface area contributed by atoms with Crippen LogP contribution in [0.25, 0.3) is 0 Å². The Labute approximate surface area is 115 Å². The van der Waals surface area contributed by atoms with E-state index in [2.05, 4.69) is 12.2 Å². The Hall–Kier alpha value is -1.35. The zero-order chi connectivity index (χ0) is 13.7. The van der Waals surface area contributed by atoms with Crippen molar-refractivity contribution in [3.63, 3.8) is 0 Å². The summed E-state index contributed by atoms with van der Waals surface area (Å²) in [5.74, 6) is 0.0452. The second kappa shape index (κ2) is 6.20. The van der Waals surface area contributed by atoms with E-state index in [0.717, 1.165) is 30.5 Å². The highest BCUT2D eigenvalue weighted by Gasteiger charge is 2.35. The molecule has 0 saturated heterocycles. The van der Waals surface area contributed by atoms with Crippen LogP contribution in [0.4, 0.5) is 0 Å². The first-order chi connectivity index (χ1) is 9.21. The highest BCUT2D eigenvalue weighted by molar-refractivity contribution is 5.95. The van der Waals surface area contributed by atoms with Crippen molar-refractivity contribution in [1.82, 2.24) is 5.32 Å².